The molecule has 1 N–H and O–H groups in total. The number of hydrogen-bond acceptors (Lipinski definition) is 10. The van der Waals surface area contributed by atoms with Crippen LogP contribution in [0.1, 0.15) is 36.8 Å². The lowest BCUT2D eigenvalue weighted by atomic mass is 10.0. The van der Waals surface area contributed by atoms with Gasteiger partial charge in [0, 0.05) is 36.1 Å². The minimum absolute atomic E-state index is 0.000750. The van der Waals surface area contributed by atoms with Crippen molar-refractivity contribution in [2.45, 2.75) is 32.6 Å². The Morgan fingerprint density at radius 2 is 1.88 bits per heavy atom. The number of hydrogen-bond donors (Lipinski definition) is 1. The quantitative estimate of drug-likeness (QED) is 0.152. The van der Waals surface area contributed by atoms with Crippen LogP contribution in [-0.2, 0) is 32.5 Å². The second-order valence-corrected chi connectivity index (χ2v) is 11.5. The van der Waals surface area contributed by atoms with E-state index in [1.165, 1.54) is 20.3 Å². The highest BCUT2D eigenvalue weighted by molar-refractivity contribution is 7.88. The molecule has 14 heteroatoms. The number of imidazole rings is 1. The molecule has 0 aliphatic carbocycles. The number of benzene rings is 2. The Morgan fingerprint density at radius 3 is 2.51 bits per heavy atom. The number of unbranched alkanes of at least 4 members (excludes halogenated alkanes) is 1. The molecule has 1 aromatic heterocycles. The van der Waals surface area contributed by atoms with E-state index in [1.54, 1.807) is 41.1 Å². The van der Waals surface area contributed by atoms with Gasteiger partial charge in [0.15, 0.2) is 18.2 Å². The molecule has 0 atom stereocenters. The van der Waals surface area contributed by atoms with Crippen molar-refractivity contribution in [1.82, 2.24) is 13.9 Å². The summed E-state index contributed by atoms with van der Waals surface area (Å²) < 4.78 is 53.8. The number of aliphatic carboxylic acids is 1. The Labute approximate surface area is 249 Å². The highest BCUT2D eigenvalue weighted by Crippen LogP contribution is 2.39. The SMILES string of the molecule is CCCCc1ncc(C=C(Cc2cc3c(cc2OC)OCO3)C(=O)O)n1-c1ccc(OC)cc1OCN(C=O)S(C)(=O)=O. The minimum Gasteiger partial charge on any atom is -0.497 e. The van der Waals surface area contributed by atoms with Crippen molar-refractivity contribution >= 4 is 28.5 Å². The lowest BCUT2D eigenvalue weighted by Gasteiger charge is -2.20. The van der Waals surface area contributed by atoms with E-state index >= 15 is 0 Å². The van der Waals surface area contributed by atoms with Gasteiger partial charge in [-0.1, -0.05) is 13.3 Å². The molecule has 0 radical (unpaired) electrons. The van der Waals surface area contributed by atoms with Crippen LogP contribution in [0.4, 0.5) is 0 Å². The van der Waals surface area contributed by atoms with E-state index in [1.807, 2.05) is 6.92 Å². The van der Waals surface area contributed by atoms with Crippen LogP contribution in [-0.4, -0.2) is 73.8 Å². The van der Waals surface area contributed by atoms with Crippen molar-refractivity contribution < 1.29 is 46.8 Å². The molecule has 0 spiro atoms. The molecule has 13 nitrogen and oxygen atoms in total. The first-order chi connectivity index (χ1) is 20.6. The van der Waals surface area contributed by atoms with Gasteiger partial charge in [0.1, 0.15) is 23.1 Å². The van der Waals surface area contributed by atoms with Gasteiger partial charge in [-0.3, -0.25) is 9.36 Å². The zero-order chi connectivity index (χ0) is 31.1. The molecule has 3 aromatic rings. The monoisotopic (exact) mass is 615 g/mol. The average Bonchev–Trinajstić information content (AvgIpc) is 3.60. The highest BCUT2D eigenvalue weighted by atomic mass is 32.2. The summed E-state index contributed by atoms with van der Waals surface area (Å²) in [5.41, 5.74) is 1.51. The molecule has 2 heterocycles. The molecule has 1 aliphatic rings. The zero-order valence-electron chi connectivity index (χ0n) is 24.2. The number of methoxy groups -OCH3 is 2. The summed E-state index contributed by atoms with van der Waals surface area (Å²) in [6.07, 6.45) is 6.39. The molecule has 0 saturated carbocycles. The standard InChI is InChI=1S/C29H33N3O10S/c1-5-6-7-28-30-15-21(11-20(29(34)35)10-19-12-26-27(42-18-41-26)14-24(19)39-3)32(28)23-9-8-22(38-2)13-25(23)40-17-31(16-33)43(4,36)37/h8-9,11-16H,5-7,10,17-18H2,1-4H3,(H,34,35). The minimum atomic E-state index is -3.87. The predicted octanol–water partition coefficient (Wildman–Crippen LogP) is 3.43. The van der Waals surface area contributed by atoms with Crippen molar-refractivity contribution in [2.24, 2.45) is 0 Å². The fourth-order valence-electron chi connectivity index (χ4n) is 4.42. The summed E-state index contributed by atoms with van der Waals surface area (Å²) in [5.74, 6) is 1.54. The smallest absolute Gasteiger partial charge is 0.331 e. The number of rotatable bonds is 15. The summed E-state index contributed by atoms with van der Waals surface area (Å²) in [5, 5.41) is 10.2. The third kappa shape index (κ3) is 7.20. The molecule has 2 aromatic carbocycles. The van der Waals surface area contributed by atoms with E-state index in [4.69, 9.17) is 23.7 Å². The van der Waals surface area contributed by atoms with Crippen molar-refractivity contribution in [2.75, 3.05) is 34.0 Å². The van der Waals surface area contributed by atoms with Crippen LogP contribution in [0.5, 0.6) is 28.7 Å². The first kappa shape index (κ1) is 31.2. The topological polar surface area (TPSA) is 156 Å². The fourth-order valence-corrected chi connectivity index (χ4v) is 4.82. The van der Waals surface area contributed by atoms with Gasteiger partial charge in [-0.15, -0.1) is 0 Å². The predicted molar refractivity (Wildman–Crippen MR) is 155 cm³/mol. The number of carbonyl (C=O) groups is 2. The van der Waals surface area contributed by atoms with E-state index in [0.717, 1.165) is 19.1 Å². The third-order valence-corrected chi connectivity index (χ3v) is 7.71. The average molecular weight is 616 g/mol. The number of aryl methyl sites for hydroxylation is 1. The van der Waals surface area contributed by atoms with Gasteiger partial charge >= 0.3 is 5.97 Å². The second-order valence-electron chi connectivity index (χ2n) is 9.57. The van der Waals surface area contributed by atoms with E-state index in [-0.39, 0.29) is 30.9 Å². The maximum absolute atomic E-state index is 12.5. The Kier molecular flexibility index (Phi) is 9.80. The molecule has 230 valence electrons. The van der Waals surface area contributed by atoms with Crippen LogP contribution in [0.3, 0.4) is 0 Å². The van der Waals surface area contributed by atoms with Crippen molar-refractivity contribution in [3.8, 4) is 34.4 Å². The Bertz CT molecular complexity index is 1630. The summed E-state index contributed by atoms with van der Waals surface area (Å²) >= 11 is 0. The summed E-state index contributed by atoms with van der Waals surface area (Å²) in [7, 11) is -0.919. The van der Waals surface area contributed by atoms with Crippen LogP contribution < -0.4 is 23.7 Å². The molecule has 0 unspecified atom stereocenters. The summed E-state index contributed by atoms with van der Waals surface area (Å²) in [6, 6.07) is 8.27. The van der Waals surface area contributed by atoms with Gasteiger partial charge in [-0.2, -0.15) is 0 Å². The Morgan fingerprint density at radius 1 is 1.14 bits per heavy atom. The van der Waals surface area contributed by atoms with Gasteiger partial charge in [-0.05, 0) is 30.7 Å². The fraction of sp³-hybridized carbons (Fsp3) is 0.345. The van der Waals surface area contributed by atoms with E-state index in [9.17, 15) is 23.1 Å². The van der Waals surface area contributed by atoms with Crippen molar-refractivity contribution in [3.05, 3.63) is 59.2 Å². The first-order valence-electron chi connectivity index (χ1n) is 13.3. The Hall–Kier alpha value is -4.72. The van der Waals surface area contributed by atoms with Gasteiger partial charge in [0.2, 0.25) is 23.2 Å². The summed E-state index contributed by atoms with van der Waals surface area (Å²) in [4.78, 5) is 28.5. The molecule has 1 aliphatic heterocycles. The van der Waals surface area contributed by atoms with Crippen LogP contribution in [0.25, 0.3) is 11.8 Å². The van der Waals surface area contributed by atoms with Gasteiger partial charge < -0.3 is 28.8 Å². The number of carbonyl (C=O) groups excluding carboxylic acids is 1. The second kappa shape index (κ2) is 13.5. The van der Waals surface area contributed by atoms with Crippen LogP contribution >= 0.6 is 0 Å². The maximum atomic E-state index is 12.5. The Balaban J connectivity index is 1.81. The molecule has 1 amide bonds. The molecular formula is C29H33N3O10S. The van der Waals surface area contributed by atoms with Crippen molar-refractivity contribution in [3.63, 3.8) is 0 Å². The van der Waals surface area contributed by atoms with Gasteiger partial charge in [0.05, 0.1) is 38.1 Å². The maximum Gasteiger partial charge on any atom is 0.331 e. The van der Waals surface area contributed by atoms with E-state index in [2.05, 4.69) is 4.98 Å². The van der Waals surface area contributed by atoms with Gasteiger partial charge in [0.25, 0.3) is 0 Å². The molecular weight excluding hydrogens is 582 g/mol. The number of fused-ring (bicyclic) bond motifs is 1. The molecule has 0 saturated heterocycles. The zero-order valence-corrected chi connectivity index (χ0v) is 25.0. The molecule has 43 heavy (non-hydrogen) atoms. The molecule has 4 rings (SSSR count). The third-order valence-electron chi connectivity index (χ3n) is 6.67. The summed E-state index contributed by atoms with van der Waals surface area (Å²) in [6.45, 7) is 1.51. The number of aromatic nitrogens is 2. The lowest BCUT2D eigenvalue weighted by Crippen LogP contribution is -2.32. The lowest BCUT2D eigenvalue weighted by molar-refractivity contribution is -0.132. The first-order valence-corrected chi connectivity index (χ1v) is 15.1. The number of amides is 1. The van der Waals surface area contributed by atoms with E-state index < -0.39 is 22.7 Å². The van der Waals surface area contributed by atoms with Crippen LogP contribution in [0, 0.1) is 0 Å². The number of carboxylic acid groups (broad SMARTS) is 1. The number of carboxylic acids is 1. The number of nitrogens with zero attached hydrogens (tertiary/aromatic N) is 3. The highest BCUT2D eigenvalue weighted by Gasteiger charge is 2.23. The van der Waals surface area contributed by atoms with Crippen molar-refractivity contribution in [1.29, 1.82) is 0 Å². The van der Waals surface area contributed by atoms with Crippen LogP contribution in [0.2, 0.25) is 0 Å². The molecule has 0 fully saturated rings. The number of sulfonamides is 1. The number of ether oxygens (including phenoxy) is 5. The normalized spacial score (nSPS) is 12.6. The largest absolute Gasteiger partial charge is 0.497 e. The van der Waals surface area contributed by atoms with Crippen LogP contribution in [0.15, 0.2) is 42.1 Å². The van der Waals surface area contributed by atoms with E-state index in [0.29, 0.717) is 56.5 Å². The molecule has 0 bridgehead atoms. The van der Waals surface area contributed by atoms with Gasteiger partial charge in [-0.25, -0.2) is 22.5 Å².